The first kappa shape index (κ1) is 22.2. The number of hydrogen-bond acceptors (Lipinski definition) is 8. The number of rotatable bonds is 10. The van der Waals surface area contributed by atoms with Gasteiger partial charge in [-0.15, -0.1) is 0 Å². The van der Waals surface area contributed by atoms with Gasteiger partial charge in [0.25, 0.3) is 0 Å². The minimum atomic E-state index is -0.621. The van der Waals surface area contributed by atoms with Gasteiger partial charge in [-0.25, -0.2) is 4.79 Å². The lowest BCUT2D eigenvalue weighted by molar-refractivity contribution is 0.0516. The summed E-state index contributed by atoms with van der Waals surface area (Å²) in [6.45, 7) is 1.88. The number of aromatic amines is 1. The number of hydrogen-bond donors (Lipinski definition) is 1. The lowest BCUT2D eigenvalue weighted by Gasteiger charge is -2.16. The van der Waals surface area contributed by atoms with Crippen molar-refractivity contribution in [1.82, 2.24) is 4.98 Å². The third-order valence-electron chi connectivity index (χ3n) is 4.96. The van der Waals surface area contributed by atoms with E-state index in [1.54, 1.807) is 19.1 Å². The summed E-state index contributed by atoms with van der Waals surface area (Å²) in [7, 11) is 5.91. The van der Waals surface area contributed by atoms with E-state index in [0.29, 0.717) is 34.1 Å². The molecule has 1 aliphatic rings. The van der Waals surface area contributed by atoms with E-state index < -0.39 is 5.97 Å². The predicted molar refractivity (Wildman–Crippen MR) is 113 cm³/mol. The number of esters is 1. The number of carbonyl (C=O) groups is 2. The molecule has 9 nitrogen and oxygen atoms in total. The van der Waals surface area contributed by atoms with Crippen LogP contribution in [0.1, 0.15) is 46.3 Å². The average molecular weight is 430 g/mol. The van der Waals surface area contributed by atoms with Crippen LogP contribution in [-0.4, -0.2) is 58.0 Å². The molecule has 0 atom stereocenters. The van der Waals surface area contributed by atoms with Gasteiger partial charge in [0, 0.05) is 17.0 Å². The molecular formula is C22H26N2O7. The van der Waals surface area contributed by atoms with Crippen molar-refractivity contribution in [2.75, 3.05) is 35.0 Å². The zero-order chi connectivity index (χ0) is 22.5. The molecule has 2 aromatic rings. The first-order valence-corrected chi connectivity index (χ1v) is 9.85. The van der Waals surface area contributed by atoms with Gasteiger partial charge in [0.15, 0.2) is 17.3 Å². The van der Waals surface area contributed by atoms with Gasteiger partial charge in [0.2, 0.25) is 5.75 Å². The molecule has 1 aliphatic carbocycles. The normalized spacial score (nSPS) is 13.2. The Morgan fingerprint density at radius 3 is 2.35 bits per heavy atom. The molecule has 0 amide bonds. The molecule has 1 aromatic heterocycles. The van der Waals surface area contributed by atoms with E-state index in [4.69, 9.17) is 23.8 Å². The van der Waals surface area contributed by atoms with Gasteiger partial charge in [0.1, 0.15) is 12.8 Å². The quantitative estimate of drug-likeness (QED) is 0.266. The molecule has 0 unspecified atom stereocenters. The molecule has 0 bridgehead atoms. The summed E-state index contributed by atoms with van der Waals surface area (Å²) in [6.07, 6.45) is 2.95. The zero-order valence-electron chi connectivity index (χ0n) is 18.2. The highest BCUT2D eigenvalue weighted by Crippen LogP contribution is 2.47. The summed E-state index contributed by atoms with van der Waals surface area (Å²) in [5.74, 6) is 0.286. The standard InChI is InChI=1S/C22H26N2O7/c1-6-31-22(26)18-17(19(25)12-7-8-12)16(14(24-18)11-23-30-5)13-9-10-15(27-2)21(29-4)20(13)28-3/h9-12,24H,6-8H2,1-5H3/b23-11+. The van der Waals surface area contributed by atoms with Gasteiger partial charge in [-0.2, -0.15) is 0 Å². The molecule has 166 valence electrons. The third kappa shape index (κ3) is 4.21. The minimum absolute atomic E-state index is 0.0724. The van der Waals surface area contributed by atoms with E-state index in [1.165, 1.54) is 34.7 Å². The molecule has 0 spiro atoms. The lowest BCUT2D eigenvalue weighted by Crippen LogP contribution is -2.13. The second-order valence-corrected chi connectivity index (χ2v) is 6.82. The molecule has 31 heavy (non-hydrogen) atoms. The monoisotopic (exact) mass is 430 g/mol. The predicted octanol–water partition coefficient (Wildman–Crippen LogP) is 3.46. The van der Waals surface area contributed by atoms with Crippen LogP contribution in [0, 0.1) is 5.92 Å². The number of nitrogens with one attached hydrogen (secondary N) is 1. The van der Waals surface area contributed by atoms with Crippen molar-refractivity contribution in [1.29, 1.82) is 0 Å². The zero-order valence-corrected chi connectivity index (χ0v) is 18.2. The van der Waals surface area contributed by atoms with Crippen molar-refractivity contribution in [2.45, 2.75) is 19.8 Å². The Kier molecular flexibility index (Phi) is 6.84. The van der Waals surface area contributed by atoms with Crippen LogP contribution in [0.5, 0.6) is 17.2 Å². The summed E-state index contributed by atoms with van der Waals surface area (Å²) in [4.78, 5) is 33.8. The Labute approximate surface area is 180 Å². The summed E-state index contributed by atoms with van der Waals surface area (Å²) < 4.78 is 21.7. The van der Waals surface area contributed by atoms with Gasteiger partial charge < -0.3 is 28.8 Å². The number of Topliss-reactive ketones (excluding diaryl/α,β-unsaturated/α-hetero) is 1. The maximum absolute atomic E-state index is 13.3. The molecule has 3 rings (SSSR count). The molecule has 9 heteroatoms. The van der Waals surface area contributed by atoms with Gasteiger partial charge in [-0.3, -0.25) is 4.79 Å². The highest BCUT2D eigenvalue weighted by Gasteiger charge is 2.38. The maximum atomic E-state index is 13.3. The van der Waals surface area contributed by atoms with Crippen LogP contribution in [0.25, 0.3) is 11.1 Å². The molecule has 1 fully saturated rings. The van der Waals surface area contributed by atoms with Crippen molar-refractivity contribution in [3.8, 4) is 28.4 Å². The van der Waals surface area contributed by atoms with Gasteiger partial charge in [-0.1, -0.05) is 5.16 Å². The van der Waals surface area contributed by atoms with Crippen LogP contribution in [0.3, 0.4) is 0 Å². The summed E-state index contributed by atoms with van der Waals surface area (Å²) >= 11 is 0. The number of oxime groups is 1. The highest BCUT2D eigenvalue weighted by molar-refractivity contribution is 6.15. The van der Waals surface area contributed by atoms with Crippen molar-refractivity contribution in [3.05, 3.63) is 29.1 Å². The molecule has 1 heterocycles. The van der Waals surface area contributed by atoms with Crippen molar-refractivity contribution in [2.24, 2.45) is 11.1 Å². The number of ether oxygens (including phenoxy) is 4. The lowest BCUT2D eigenvalue weighted by atomic mass is 9.94. The summed E-state index contributed by atoms with van der Waals surface area (Å²) in [5.41, 5.74) is 1.71. The van der Waals surface area contributed by atoms with Crippen molar-refractivity contribution >= 4 is 18.0 Å². The second kappa shape index (κ2) is 9.55. The highest BCUT2D eigenvalue weighted by atomic mass is 16.6. The molecule has 1 aromatic carbocycles. The van der Waals surface area contributed by atoms with E-state index in [1.807, 2.05) is 0 Å². The van der Waals surface area contributed by atoms with Crippen molar-refractivity contribution in [3.63, 3.8) is 0 Å². The third-order valence-corrected chi connectivity index (χ3v) is 4.96. The van der Waals surface area contributed by atoms with Crippen LogP contribution in [0.2, 0.25) is 0 Å². The van der Waals surface area contributed by atoms with Crippen LogP contribution < -0.4 is 14.2 Å². The van der Waals surface area contributed by atoms with E-state index in [-0.39, 0.29) is 29.6 Å². The van der Waals surface area contributed by atoms with E-state index >= 15 is 0 Å². The van der Waals surface area contributed by atoms with Gasteiger partial charge >= 0.3 is 5.97 Å². The van der Waals surface area contributed by atoms with Crippen LogP contribution in [-0.2, 0) is 9.57 Å². The molecule has 1 N–H and O–H groups in total. The summed E-state index contributed by atoms with van der Waals surface area (Å²) in [6, 6.07) is 3.45. The fraction of sp³-hybridized carbons (Fsp3) is 0.409. The van der Waals surface area contributed by atoms with Crippen LogP contribution in [0.15, 0.2) is 17.3 Å². The number of methoxy groups -OCH3 is 3. The Morgan fingerprint density at radius 1 is 1.10 bits per heavy atom. The molecular weight excluding hydrogens is 404 g/mol. The Bertz CT molecular complexity index is 1010. The molecule has 0 aliphatic heterocycles. The minimum Gasteiger partial charge on any atom is -0.493 e. The van der Waals surface area contributed by atoms with E-state index in [0.717, 1.165) is 12.8 Å². The smallest absolute Gasteiger partial charge is 0.355 e. The number of H-pyrrole nitrogens is 1. The SMILES string of the molecule is CCOC(=O)c1[nH]c(/C=N/OC)c(-c2ccc(OC)c(OC)c2OC)c1C(=O)C1CC1. The topological polar surface area (TPSA) is 108 Å². The molecule has 0 radical (unpaired) electrons. The number of nitrogens with zero attached hydrogens (tertiary/aromatic N) is 1. The first-order chi connectivity index (χ1) is 15.0. The number of benzene rings is 1. The average Bonchev–Trinajstić information content (AvgIpc) is 3.56. The maximum Gasteiger partial charge on any atom is 0.355 e. The molecule has 0 saturated heterocycles. The number of aromatic nitrogens is 1. The molecule has 1 saturated carbocycles. The Hall–Kier alpha value is -3.49. The number of carbonyl (C=O) groups excluding carboxylic acids is 2. The van der Waals surface area contributed by atoms with Gasteiger partial charge in [-0.05, 0) is 31.9 Å². The van der Waals surface area contributed by atoms with E-state index in [2.05, 4.69) is 10.1 Å². The van der Waals surface area contributed by atoms with Crippen molar-refractivity contribution < 1.29 is 33.4 Å². The van der Waals surface area contributed by atoms with Gasteiger partial charge in [0.05, 0.1) is 45.4 Å². The van der Waals surface area contributed by atoms with Crippen LogP contribution in [0.4, 0.5) is 0 Å². The Morgan fingerprint density at radius 2 is 1.81 bits per heavy atom. The largest absolute Gasteiger partial charge is 0.493 e. The fourth-order valence-corrected chi connectivity index (χ4v) is 3.45. The van der Waals surface area contributed by atoms with Crippen LogP contribution >= 0.6 is 0 Å². The van der Waals surface area contributed by atoms with E-state index in [9.17, 15) is 9.59 Å². The fourth-order valence-electron chi connectivity index (χ4n) is 3.45. The Balaban J connectivity index is 2.36. The number of ketones is 1. The second-order valence-electron chi connectivity index (χ2n) is 6.82. The first-order valence-electron chi connectivity index (χ1n) is 9.85. The summed E-state index contributed by atoms with van der Waals surface area (Å²) in [5, 5.41) is 3.82.